The van der Waals surface area contributed by atoms with E-state index in [9.17, 15) is 9.36 Å². The number of carbonyl (C=O) groups is 1. The first-order valence-electron chi connectivity index (χ1n) is 4.56. The second-order valence-electron chi connectivity index (χ2n) is 3.21. The van der Waals surface area contributed by atoms with Crippen LogP contribution in [0.25, 0.3) is 0 Å². The molecule has 6 nitrogen and oxygen atoms in total. The van der Waals surface area contributed by atoms with Crippen LogP contribution in [-0.4, -0.2) is 18.7 Å². The Morgan fingerprint density at radius 1 is 1.41 bits per heavy atom. The van der Waals surface area contributed by atoms with E-state index in [-0.39, 0.29) is 6.61 Å². The zero-order chi connectivity index (χ0) is 13.5. The summed E-state index contributed by atoms with van der Waals surface area (Å²) in [5.74, 6) is -0.478. The van der Waals surface area contributed by atoms with Gasteiger partial charge in [0.2, 0.25) is 0 Å². The van der Waals surface area contributed by atoms with Crippen molar-refractivity contribution in [3.63, 3.8) is 0 Å². The maximum atomic E-state index is 11.5. The highest BCUT2D eigenvalue weighted by Gasteiger charge is 2.28. The summed E-state index contributed by atoms with van der Waals surface area (Å²) in [5.41, 5.74) is 0.317. The van der Waals surface area contributed by atoms with Crippen LogP contribution in [0.5, 0.6) is 0 Å². The Labute approximate surface area is 117 Å². The summed E-state index contributed by atoms with van der Waals surface area (Å²) in [7, 11) is -3.64. The summed E-state index contributed by atoms with van der Waals surface area (Å²) in [6.45, 7) is 6.75. The number of esters is 1. The van der Waals surface area contributed by atoms with E-state index in [1.165, 1.54) is 0 Å². The van der Waals surface area contributed by atoms with Crippen LogP contribution >= 0.6 is 40.3 Å². The molecule has 0 heterocycles. The predicted octanol–water partition coefficient (Wildman–Crippen LogP) is 3.66. The SMILES string of the molecule is C=C(C)C(=O)OCCC(C)OP(=O)(OBr)OBr. The summed E-state index contributed by atoms with van der Waals surface area (Å²) < 4.78 is 30.1. The van der Waals surface area contributed by atoms with Gasteiger partial charge in [-0.25, -0.2) is 16.6 Å². The van der Waals surface area contributed by atoms with Crippen molar-refractivity contribution in [3.05, 3.63) is 12.2 Å². The van der Waals surface area contributed by atoms with Gasteiger partial charge in [0, 0.05) is 12.0 Å². The third kappa shape index (κ3) is 7.33. The van der Waals surface area contributed by atoms with Crippen LogP contribution in [0, 0.1) is 0 Å². The fourth-order valence-corrected chi connectivity index (χ4v) is 2.63. The lowest BCUT2D eigenvalue weighted by atomic mass is 10.3. The number of hydrogen-bond acceptors (Lipinski definition) is 6. The van der Waals surface area contributed by atoms with Gasteiger partial charge in [0.05, 0.1) is 12.7 Å². The smallest absolute Gasteiger partial charge is 0.462 e. The van der Waals surface area contributed by atoms with Crippen LogP contribution < -0.4 is 0 Å². The van der Waals surface area contributed by atoms with Gasteiger partial charge in [-0.05, 0) is 13.8 Å². The molecule has 1 unspecified atom stereocenters. The lowest BCUT2D eigenvalue weighted by Gasteiger charge is -2.16. The Morgan fingerprint density at radius 2 is 1.94 bits per heavy atom. The van der Waals surface area contributed by atoms with Gasteiger partial charge < -0.3 is 4.74 Å². The van der Waals surface area contributed by atoms with E-state index in [2.05, 4.69) is 46.3 Å². The molecule has 0 aliphatic rings. The molecule has 0 aliphatic heterocycles. The zero-order valence-electron chi connectivity index (χ0n) is 9.35. The van der Waals surface area contributed by atoms with Crippen LogP contribution in [0.1, 0.15) is 20.3 Å². The number of rotatable bonds is 8. The average molecular weight is 396 g/mol. The van der Waals surface area contributed by atoms with Crippen LogP contribution in [-0.2, 0) is 25.9 Å². The van der Waals surface area contributed by atoms with Crippen LogP contribution in [0.3, 0.4) is 0 Å². The van der Waals surface area contributed by atoms with E-state index in [0.29, 0.717) is 12.0 Å². The fraction of sp³-hybridized carbons (Fsp3) is 0.625. The zero-order valence-corrected chi connectivity index (χ0v) is 13.4. The fourth-order valence-electron chi connectivity index (χ4n) is 0.757. The molecular weight excluding hydrogens is 383 g/mol. The molecular formula is C8H13Br2O6P. The van der Waals surface area contributed by atoms with Gasteiger partial charge in [0.1, 0.15) is 32.5 Å². The van der Waals surface area contributed by atoms with Crippen LogP contribution in [0.2, 0.25) is 0 Å². The summed E-state index contributed by atoms with van der Waals surface area (Å²) in [6.07, 6.45) is -0.135. The highest BCUT2D eigenvalue weighted by Crippen LogP contribution is 2.54. The number of phosphoric acid groups is 1. The molecule has 0 N–H and O–H groups in total. The second-order valence-corrected chi connectivity index (χ2v) is 6.32. The first-order chi connectivity index (χ1) is 7.84. The van der Waals surface area contributed by atoms with Crippen LogP contribution in [0.15, 0.2) is 12.2 Å². The third-order valence-corrected chi connectivity index (χ3v) is 4.67. The van der Waals surface area contributed by atoms with E-state index in [1.807, 2.05) is 0 Å². The van der Waals surface area contributed by atoms with Gasteiger partial charge >= 0.3 is 13.8 Å². The molecule has 1 atom stereocenters. The molecule has 0 aromatic carbocycles. The molecule has 17 heavy (non-hydrogen) atoms. The quantitative estimate of drug-likeness (QED) is 0.355. The van der Waals surface area contributed by atoms with Gasteiger partial charge in [-0.15, -0.1) is 0 Å². The monoisotopic (exact) mass is 394 g/mol. The number of halogens is 2. The molecule has 0 aromatic rings. The van der Waals surface area contributed by atoms with E-state index >= 15 is 0 Å². The van der Waals surface area contributed by atoms with Crippen molar-refractivity contribution < 1.29 is 25.9 Å². The maximum absolute atomic E-state index is 11.5. The van der Waals surface area contributed by atoms with Gasteiger partial charge in [0.25, 0.3) is 0 Å². The molecule has 0 fully saturated rings. The standard InChI is InChI=1S/C8H13Br2O6P/c1-6(2)8(11)13-5-4-7(3)14-17(12,15-9)16-10/h7H,1,4-5H2,2-3H3. The highest BCUT2D eigenvalue weighted by atomic mass is 79.9. The predicted molar refractivity (Wildman–Crippen MR) is 68.6 cm³/mol. The topological polar surface area (TPSA) is 71.1 Å². The Bertz CT molecular complexity index is 313. The van der Waals surface area contributed by atoms with E-state index < -0.39 is 19.9 Å². The van der Waals surface area contributed by atoms with E-state index in [4.69, 9.17) is 9.26 Å². The van der Waals surface area contributed by atoms with Crippen molar-refractivity contribution in [2.24, 2.45) is 0 Å². The van der Waals surface area contributed by atoms with E-state index in [0.717, 1.165) is 0 Å². The Morgan fingerprint density at radius 3 is 2.35 bits per heavy atom. The largest absolute Gasteiger partial charge is 0.497 e. The van der Waals surface area contributed by atoms with Gasteiger partial charge in [0.15, 0.2) is 0 Å². The number of ether oxygens (including phenoxy) is 1. The minimum atomic E-state index is -3.64. The van der Waals surface area contributed by atoms with Gasteiger partial charge in [-0.1, -0.05) is 6.58 Å². The van der Waals surface area contributed by atoms with Crippen molar-refractivity contribution in [3.8, 4) is 0 Å². The Hall–Kier alpha value is 0.280. The van der Waals surface area contributed by atoms with Gasteiger partial charge in [-0.2, -0.15) is 0 Å². The number of carbonyl (C=O) groups excluding carboxylic acids is 1. The van der Waals surface area contributed by atoms with Crippen LogP contribution in [0.4, 0.5) is 0 Å². The lowest BCUT2D eigenvalue weighted by molar-refractivity contribution is -0.139. The van der Waals surface area contributed by atoms with Gasteiger partial charge in [-0.3, -0.25) is 4.52 Å². The molecule has 0 rings (SSSR count). The lowest BCUT2D eigenvalue weighted by Crippen LogP contribution is -2.13. The average Bonchev–Trinajstić information content (AvgIpc) is 2.28. The third-order valence-electron chi connectivity index (χ3n) is 1.58. The first-order valence-corrected chi connectivity index (χ1v) is 7.32. The molecule has 9 heteroatoms. The summed E-state index contributed by atoms with van der Waals surface area (Å²) >= 11 is 5.06. The molecule has 0 saturated carbocycles. The van der Waals surface area contributed by atoms with Crippen molar-refractivity contribution in [2.45, 2.75) is 26.4 Å². The minimum absolute atomic E-state index is 0.122. The minimum Gasteiger partial charge on any atom is -0.462 e. The molecule has 0 aliphatic carbocycles. The molecule has 0 radical (unpaired) electrons. The normalized spacial score (nSPS) is 13.2. The van der Waals surface area contributed by atoms with Crippen molar-refractivity contribution in [2.75, 3.05) is 6.61 Å². The van der Waals surface area contributed by atoms with Crippen molar-refractivity contribution >= 4 is 46.3 Å². The summed E-state index contributed by atoms with van der Waals surface area (Å²) in [5, 5.41) is 0. The first kappa shape index (κ1) is 17.3. The number of hydrogen-bond donors (Lipinski definition) is 0. The second kappa shape index (κ2) is 8.39. The van der Waals surface area contributed by atoms with E-state index in [1.54, 1.807) is 13.8 Å². The maximum Gasteiger partial charge on any atom is 0.497 e. The Kier molecular flexibility index (Phi) is 8.53. The molecule has 0 amide bonds. The Balaban J connectivity index is 3.96. The molecule has 0 saturated heterocycles. The molecule has 0 aromatic heterocycles. The molecule has 0 spiro atoms. The van der Waals surface area contributed by atoms with Crippen molar-refractivity contribution in [1.82, 2.24) is 0 Å². The highest BCUT2D eigenvalue weighted by molar-refractivity contribution is 9.07. The molecule has 100 valence electrons. The van der Waals surface area contributed by atoms with Crippen molar-refractivity contribution in [1.29, 1.82) is 0 Å². The summed E-state index contributed by atoms with van der Waals surface area (Å²) in [4.78, 5) is 11.0. The summed E-state index contributed by atoms with van der Waals surface area (Å²) in [6, 6.07) is 0. The molecule has 0 bridgehead atoms.